The first-order chi connectivity index (χ1) is 20.6. The molecule has 0 aliphatic carbocycles. The number of pyridine rings is 1. The fourth-order valence-electron chi connectivity index (χ4n) is 4.05. The number of imidazole rings is 1. The van der Waals surface area contributed by atoms with Gasteiger partial charge in [-0.25, -0.2) is 19.6 Å². The molecule has 0 spiro atoms. The minimum Gasteiger partial charge on any atom is -0.475 e. The topological polar surface area (TPSA) is 150 Å². The number of nitrogens with zero attached hydrogens (tertiary/aromatic N) is 6. The first-order valence-corrected chi connectivity index (χ1v) is 12.8. The minimum atomic E-state index is -5.08. The van der Waals surface area contributed by atoms with Gasteiger partial charge in [-0.05, 0) is 43.6 Å². The SMILES string of the molecule is COCCN(C)C(=O)c1ncn2c(C3CCN(Cc4cccnc4)CC3)ccnc12.O=C(O)C(F)(F)F.O=C(O)C(F)(F)F. The summed E-state index contributed by atoms with van der Waals surface area (Å²) in [5, 5.41) is 14.2. The summed E-state index contributed by atoms with van der Waals surface area (Å²) in [5.41, 5.74) is 3.44. The summed E-state index contributed by atoms with van der Waals surface area (Å²) in [6.07, 6.45) is -0.767. The molecular weight excluding hydrogens is 606 g/mol. The monoisotopic (exact) mass is 636 g/mol. The number of likely N-dealkylation sites (N-methyl/N-ethyl adjacent to an activating group) is 1. The number of amides is 1. The Bertz CT molecular complexity index is 1350. The molecule has 0 unspecified atom stereocenters. The number of ether oxygens (including phenoxy) is 1. The highest BCUT2D eigenvalue weighted by Crippen LogP contribution is 2.29. The maximum atomic E-state index is 12.8. The van der Waals surface area contributed by atoms with Crippen molar-refractivity contribution < 1.29 is 55.7 Å². The maximum absolute atomic E-state index is 12.8. The van der Waals surface area contributed by atoms with Crippen LogP contribution in [0.4, 0.5) is 26.3 Å². The first kappa shape index (κ1) is 35.9. The molecule has 4 rings (SSSR count). The number of carboxylic acid groups (broad SMARTS) is 2. The normalized spacial score (nSPS) is 14.2. The molecule has 1 saturated heterocycles. The van der Waals surface area contributed by atoms with Crippen LogP contribution in [0.15, 0.2) is 43.1 Å². The van der Waals surface area contributed by atoms with Gasteiger partial charge in [-0.15, -0.1) is 0 Å². The second-order valence-corrected chi connectivity index (χ2v) is 9.39. The van der Waals surface area contributed by atoms with E-state index in [0.29, 0.717) is 30.4 Å². The third kappa shape index (κ3) is 10.7. The predicted molar refractivity (Wildman–Crippen MR) is 141 cm³/mol. The van der Waals surface area contributed by atoms with Crippen LogP contribution < -0.4 is 0 Å². The number of hydrogen-bond acceptors (Lipinski definition) is 8. The van der Waals surface area contributed by atoms with Gasteiger partial charge in [0.25, 0.3) is 5.91 Å². The van der Waals surface area contributed by atoms with Gasteiger partial charge in [0.05, 0.1) is 6.61 Å². The fraction of sp³-hybridized carbons (Fsp3) is 0.462. The van der Waals surface area contributed by atoms with Crippen molar-refractivity contribution in [3.8, 4) is 0 Å². The highest BCUT2D eigenvalue weighted by molar-refractivity contribution is 5.97. The van der Waals surface area contributed by atoms with Gasteiger partial charge in [0.1, 0.15) is 6.33 Å². The number of aliphatic carboxylic acids is 2. The van der Waals surface area contributed by atoms with Crippen LogP contribution in [0.3, 0.4) is 0 Å². The minimum absolute atomic E-state index is 0.134. The molecule has 2 N–H and O–H groups in total. The molecule has 0 radical (unpaired) electrons. The molecule has 1 aliphatic rings. The Morgan fingerprint density at radius 3 is 2.09 bits per heavy atom. The Hall–Kier alpha value is -4.32. The standard InChI is InChI=1S/C22H28N6O2.2C2HF3O2/c1-26(12-13-30-2)22(29)20-21-24-9-5-19(28(21)16-25-20)18-6-10-27(11-7-18)15-17-4-3-8-23-14-17;2*3-2(4,5)1(6)7/h3-5,8-9,14,16,18H,6-7,10-13,15H2,1-2H3;2*(H,6,7). The van der Waals surface area contributed by atoms with Crippen molar-refractivity contribution >= 4 is 23.5 Å². The number of likely N-dealkylation sites (tertiary alicyclic amines) is 1. The number of methoxy groups -OCH3 is 1. The average molecular weight is 637 g/mol. The van der Waals surface area contributed by atoms with Crippen LogP contribution in [0.25, 0.3) is 5.65 Å². The van der Waals surface area contributed by atoms with Gasteiger partial charge in [-0.1, -0.05) is 6.07 Å². The molecule has 1 aliphatic heterocycles. The number of hydrogen-bond donors (Lipinski definition) is 2. The maximum Gasteiger partial charge on any atom is 0.490 e. The molecule has 0 saturated carbocycles. The summed E-state index contributed by atoms with van der Waals surface area (Å²) in [6.45, 7) is 4.00. The average Bonchev–Trinajstić information content (AvgIpc) is 3.40. The Morgan fingerprint density at radius 1 is 1.00 bits per heavy atom. The summed E-state index contributed by atoms with van der Waals surface area (Å²) in [5.74, 6) is -5.23. The smallest absolute Gasteiger partial charge is 0.475 e. The number of halogens is 6. The van der Waals surface area contributed by atoms with Crippen molar-refractivity contribution in [1.82, 2.24) is 29.2 Å². The molecule has 1 fully saturated rings. The first-order valence-electron chi connectivity index (χ1n) is 12.8. The van der Waals surface area contributed by atoms with Gasteiger partial charge in [-0.3, -0.25) is 19.1 Å². The van der Waals surface area contributed by atoms with E-state index in [1.54, 1.807) is 31.6 Å². The lowest BCUT2D eigenvalue weighted by atomic mass is 9.93. The number of alkyl halides is 6. The highest BCUT2D eigenvalue weighted by atomic mass is 19.4. The zero-order valence-corrected chi connectivity index (χ0v) is 23.5. The summed E-state index contributed by atoms with van der Waals surface area (Å²) < 4.78 is 70.5. The van der Waals surface area contributed by atoms with E-state index >= 15 is 0 Å². The van der Waals surface area contributed by atoms with Gasteiger partial charge in [-0.2, -0.15) is 26.3 Å². The molecule has 0 aromatic carbocycles. The van der Waals surface area contributed by atoms with E-state index in [1.165, 1.54) is 11.3 Å². The lowest BCUT2D eigenvalue weighted by Crippen LogP contribution is -2.33. The Labute approximate surface area is 246 Å². The van der Waals surface area contributed by atoms with E-state index in [-0.39, 0.29) is 5.91 Å². The van der Waals surface area contributed by atoms with Crippen molar-refractivity contribution in [2.45, 2.75) is 37.7 Å². The molecule has 12 nitrogen and oxygen atoms in total. The number of fused-ring (bicyclic) bond motifs is 1. The van der Waals surface area contributed by atoms with Crippen LogP contribution in [0.1, 0.15) is 40.5 Å². The highest BCUT2D eigenvalue weighted by Gasteiger charge is 2.39. The Morgan fingerprint density at radius 2 is 1.59 bits per heavy atom. The summed E-state index contributed by atoms with van der Waals surface area (Å²) in [4.78, 5) is 47.7. The van der Waals surface area contributed by atoms with E-state index in [0.717, 1.165) is 32.5 Å². The van der Waals surface area contributed by atoms with Crippen molar-refractivity contribution in [3.05, 3.63) is 60.1 Å². The molecule has 3 aromatic rings. The zero-order chi connectivity index (χ0) is 33.1. The largest absolute Gasteiger partial charge is 0.490 e. The van der Waals surface area contributed by atoms with E-state index < -0.39 is 24.3 Å². The van der Waals surface area contributed by atoms with Gasteiger partial charge >= 0.3 is 24.3 Å². The van der Waals surface area contributed by atoms with Gasteiger partial charge < -0.3 is 19.8 Å². The lowest BCUT2D eigenvalue weighted by molar-refractivity contribution is -0.193. The van der Waals surface area contributed by atoms with Crippen LogP contribution in [-0.4, -0.2) is 110 Å². The van der Waals surface area contributed by atoms with Crippen LogP contribution >= 0.6 is 0 Å². The molecule has 44 heavy (non-hydrogen) atoms. The van der Waals surface area contributed by atoms with Crippen LogP contribution in [0.5, 0.6) is 0 Å². The van der Waals surface area contributed by atoms with E-state index in [9.17, 15) is 31.1 Å². The van der Waals surface area contributed by atoms with E-state index in [2.05, 4.69) is 32.0 Å². The Kier molecular flexibility index (Phi) is 13.0. The molecule has 3 aromatic heterocycles. The third-order valence-corrected chi connectivity index (χ3v) is 6.26. The number of aromatic nitrogens is 4. The molecule has 1 amide bonds. The van der Waals surface area contributed by atoms with Crippen molar-refractivity contribution in [2.24, 2.45) is 0 Å². The van der Waals surface area contributed by atoms with Crippen molar-refractivity contribution in [1.29, 1.82) is 0 Å². The van der Waals surface area contributed by atoms with E-state index in [1.807, 2.05) is 22.9 Å². The zero-order valence-electron chi connectivity index (χ0n) is 23.5. The summed E-state index contributed by atoms with van der Waals surface area (Å²) in [6, 6.07) is 6.17. The van der Waals surface area contributed by atoms with E-state index in [4.69, 9.17) is 24.5 Å². The number of carboxylic acids is 2. The van der Waals surface area contributed by atoms with Crippen LogP contribution in [0, 0.1) is 0 Å². The molecule has 4 heterocycles. The summed E-state index contributed by atoms with van der Waals surface area (Å²) >= 11 is 0. The number of rotatable bonds is 7. The van der Waals surface area contributed by atoms with Gasteiger partial charge in [0, 0.05) is 57.4 Å². The quantitative estimate of drug-likeness (QED) is 0.369. The van der Waals surface area contributed by atoms with Gasteiger partial charge in [0.15, 0.2) is 11.3 Å². The van der Waals surface area contributed by atoms with Gasteiger partial charge in [0.2, 0.25) is 0 Å². The summed E-state index contributed by atoms with van der Waals surface area (Å²) in [7, 11) is 3.38. The lowest BCUT2D eigenvalue weighted by Gasteiger charge is -2.32. The third-order valence-electron chi connectivity index (χ3n) is 6.26. The second kappa shape index (κ2) is 15.9. The molecule has 18 heteroatoms. The van der Waals surface area contributed by atoms with Crippen LogP contribution in [-0.2, 0) is 20.9 Å². The molecular formula is C26H30F6N6O6. The fourth-order valence-corrected chi connectivity index (χ4v) is 4.05. The second-order valence-electron chi connectivity index (χ2n) is 9.39. The predicted octanol–water partition coefficient (Wildman–Crippen LogP) is 3.49. The number of piperidine rings is 1. The van der Waals surface area contributed by atoms with Crippen molar-refractivity contribution in [3.63, 3.8) is 0 Å². The number of carbonyl (C=O) groups is 3. The van der Waals surface area contributed by atoms with Crippen molar-refractivity contribution in [2.75, 3.05) is 40.4 Å². The molecule has 242 valence electrons. The van der Waals surface area contributed by atoms with Crippen LogP contribution in [0.2, 0.25) is 0 Å². The molecule has 0 atom stereocenters. The molecule has 0 bridgehead atoms. The Balaban J connectivity index is 0.000000402. The number of carbonyl (C=O) groups excluding carboxylic acids is 1.